The van der Waals surface area contributed by atoms with Crippen molar-refractivity contribution in [2.24, 2.45) is 11.7 Å². The molecule has 3 rings (SSSR count). The number of nitrogens with two attached hydrogens (primary N) is 1. The van der Waals surface area contributed by atoms with Crippen LogP contribution in [0.25, 0.3) is 0 Å². The van der Waals surface area contributed by atoms with Crippen LogP contribution in [-0.4, -0.2) is 51.8 Å². The van der Waals surface area contributed by atoms with Crippen LogP contribution < -0.4 is 11.1 Å². The number of anilines is 1. The fourth-order valence-electron chi connectivity index (χ4n) is 3.17. The van der Waals surface area contributed by atoms with Crippen molar-refractivity contribution in [2.75, 3.05) is 18.4 Å². The van der Waals surface area contributed by atoms with Crippen LogP contribution in [0.5, 0.6) is 0 Å². The van der Waals surface area contributed by atoms with Gasteiger partial charge >= 0.3 is 5.97 Å². The van der Waals surface area contributed by atoms with Crippen LogP contribution in [0.1, 0.15) is 44.0 Å². The van der Waals surface area contributed by atoms with E-state index in [4.69, 9.17) is 10.8 Å². The van der Waals surface area contributed by atoms with Crippen molar-refractivity contribution < 1.29 is 24.3 Å². The maximum absolute atomic E-state index is 12.9. The van der Waals surface area contributed by atoms with Crippen LogP contribution in [0.3, 0.4) is 0 Å². The van der Waals surface area contributed by atoms with Gasteiger partial charge in [0, 0.05) is 25.2 Å². The highest BCUT2D eigenvalue weighted by Crippen LogP contribution is 2.23. The Hall–Kier alpha value is -3.75. The molecule has 1 fully saturated rings. The third-order valence-corrected chi connectivity index (χ3v) is 4.84. The molecule has 2 aromatic rings. The summed E-state index contributed by atoms with van der Waals surface area (Å²) in [6.45, 7) is 0.824. The van der Waals surface area contributed by atoms with Gasteiger partial charge in [0.25, 0.3) is 11.8 Å². The van der Waals surface area contributed by atoms with Crippen LogP contribution in [0.15, 0.2) is 42.6 Å². The minimum Gasteiger partial charge on any atom is -0.477 e. The average Bonchev–Trinajstić information content (AvgIpc) is 2.73. The van der Waals surface area contributed by atoms with Gasteiger partial charge in [-0.25, -0.2) is 9.78 Å². The van der Waals surface area contributed by atoms with Gasteiger partial charge in [0.2, 0.25) is 5.91 Å². The molecule has 1 aliphatic heterocycles. The highest BCUT2D eigenvalue weighted by molar-refractivity contribution is 6.09. The van der Waals surface area contributed by atoms with E-state index >= 15 is 0 Å². The molecule has 3 amide bonds. The van der Waals surface area contributed by atoms with Crippen LogP contribution in [0.4, 0.5) is 5.69 Å². The Labute approximate surface area is 166 Å². The predicted octanol–water partition coefficient (Wildman–Crippen LogP) is 1.37. The number of primary amides is 1. The Morgan fingerprint density at radius 1 is 1.07 bits per heavy atom. The minimum atomic E-state index is -1.19. The minimum absolute atomic E-state index is 0.166. The molecule has 0 spiro atoms. The molecule has 0 radical (unpaired) electrons. The van der Waals surface area contributed by atoms with Crippen LogP contribution in [0, 0.1) is 5.92 Å². The Morgan fingerprint density at radius 3 is 2.34 bits per heavy atom. The second-order valence-electron chi connectivity index (χ2n) is 6.71. The number of aromatic carboxylic acids is 1. The number of carbonyl (C=O) groups is 4. The molecule has 1 aliphatic rings. The molecule has 1 aromatic carbocycles. The van der Waals surface area contributed by atoms with Crippen molar-refractivity contribution in [3.8, 4) is 0 Å². The molecular weight excluding hydrogens is 376 g/mol. The third-order valence-electron chi connectivity index (χ3n) is 4.84. The number of benzene rings is 1. The van der Waals surface area contributed by atoms with Gasteiger partial charge < -0.3 is 21.1 Å². The molecule has 2 heterocycles. The van der Waals surface area contributed by atoms with Crippen molar-refractivity contribution in [3.05, 3.63) is 59.4 Å². The Kier molecular flexibility index (Phi) is 5.87. The lowest BCUT2D eigenvalue weighted by atomic mass is 9.95. The Bertz CT molecular complexity index is 950. The zero-order valence-electron chi connectivity index (χ0n) is 15.5. The Balaban J connectivity index is 1.73. The van der Waals surface area contributed by atoms with Gasteiger partial charge in [0.05, 0.1) is 16.8 Å². The summed E-state index contributed by atoms with van der Waals surface area (Å²) < 4.78 is 0. The number of carboxylic acid groups (broad SMARTS) is 1. The van der Waals surface area contributed by atoms with E-state index in [0.717, 1.165) is 6.20 Å². The highest BCUT2D eigenvalue weighted by Gasteiger charge is 2.27. The van der Waals surface area contributed by atoms with Gasteiger partial charge in [0.1, 0.15) is 5.69 Å². The maximum atomic E-state index is 12.9. The van der Waals surface area contributed by atoms with Crippen molar-refractivity contribution in [2.45, 2.75) is 12.8 Å². The topological polar surface area (TPSA) is 143 Å². The molecule has 0 atom stereocenters. The van der Waals surface area contributed by atoms with Gasteiger partial charge in [-0.2, -0.15) is 0 Å². The first kappa shape index (κ1) is 20.0. The van der Waals surface area contributed by atoms with Crippen LogP contribution in [0.2, 0.25) is 0 Å². The quantitative estimate of drug-likeness (QED) is 0.696. The van der Waals surface area contributed by atoms with Crippen molar-refractivity contribution >= 4 is 29.4 Å². The van der Waals surface area contributed by atoms with Gasteiger partial charge in [-0.1, -0.05) is 12.1 Å². The number of amides is 3. The molecule has 0 bridgehead atoms. The molecule has 1 saturated heterocycles. The maximum Gasteiger partial charge on any atom is 0.354 e. The number of hydrogen-bond acceptors (Lipinski definition) is 5. The largest absolute Gasteiger partial charge is 0.477 e. The van der Waals surface area contributed by atoms with Crippen LogP contribution in [-0.2, 0) is 4.79 Å². The highest BCUT2D eigenvalue weighted by atomic mass is 16.4. The third kappa shape index (κ3) is 4.57. The number of para-hydroxylation sites is 1. The Morgan fingerprint density at radius 2 is 1.76 bits per heavy atom. The summed E-state index contributed by atoms with van der Waals surface area (Å²) in [5.74, 6) is -2.53. The van der Waals surface area contributed by atoms with Gasteiger partial charge in [0.15, 0.2) is 0 Å². The number of aromatic nitrogens is 1. The fraction of sp³-hybridized carbons (Fsp3) is 0.250. The second-order valence-corrected chi connectivity index (χ2v) is 6.71. The number of pyridine rings is 1. The summed E-state index contributed by atoms with van der Waals surface area (Å²) in [5, 5.41) is 11.6. The monoisotopic (exact) mass is 396 g/mol. The molecule has 29 heavy (non-hydrogen) atoms. The van der Waals surface area contributed by atoms with E-state index in [9.17, 15) is 19.2 Å². The standard InChI is InChI=1S/C20H20N4O5/c21-17(25)12-7-9-24(10-8-12)19(27)14-3-1-2-4-15(14)23-18(26)13-5-6-16(20(28)29)22-11-13/h1-6,11-12H,7-10H2,(H2,21,25)(H,23,26)(H,28,29). The summed E-state index contributed by atoms with van der Waals surface area (Å²) in [6.07, 6.45) is 2.19. The molecule has 150 valence electrons. The number of rotatable bonds is 5. The SMILES string of the molecule is NC(=O)C1CCN(C(=O)c2ccccc2NC(=O)c2ccc(C(=O)O)nc2)CC1. The zero-order valence-corrected chi connectivity index (χ0v) is 15.5. The average molecular weight is 396 g/mol. The first-order chi connectivity index (χ1) is 13.9. The lowest BCUT2D eigenvalue weighted by Gasteiger charge is -2.31. The first-order valence-corrected chi connectivity index (χ1v) is 9.05. The summed E-state index contributed by atoms with van der Waals surface area (Å²) in [6, 6.07) is 9.20. The van der Waals surface area contributed by atoms with Crippen molar-refractivity contribution in [1.82, 2.24) is 9.88 Å². The number of piperidine rings is 1. The van der Waals surface area contributed by atoms with E-state index in [0.29, 0.717) is 37.2 Å². The molecule has 4 N–H and O–H groups in total. The molecular formula is C20H20N4O5. The van der Waals surface area contributed by atoms with Crippen molar-refractivity contribution in [1.29, 1.82) is 0 Å². The zero-order chi connectivity index (χ0) is 21.0. The molecule has 0 aliphatic carbocycles. The van der Waals surface area contributed by atoms with E-state index in [1.54, 1.807) is 29.2 Å². The molecule has 9 heteroatoms. The molecule has 1 aromatic heterocycles. The number of carboxylic acids is 1. The number of hydrogen-bond donors (Lipinski definition) is 3. The van der Waals surface area contributed by atoms with Gasteiger partial charge in [-0.05, 0) is 37.1 Å². The molecule has 9 nitrogen and oxygen atoms in total. The summed E-state index contributed by atoms with van der Waals surface area (Å²) in [5.41, 5.74) is 5.99. The normalized spacial score (nSPS) is 14.3. The predicted molar refractivity (Wildman–Crippen MR) is 103 cm³/mol. The lowest BCUT2D eigenvalue weighted by molar-refractivity contribution is -0.123. The van der Waals surface area contributed by atoms with Gasteiger partial charge in [-0.3, -0.25) is 14.4 Å². The van der Waals surface area contributed by atoms with E-state index in [-0.39, 0.29) is 29.0 Å². The van der Waals surface area contributed by atoms with E-state index < -0.39 is 11.9 Å². The number of carbonyl (C=O) groups excluding carboxylic acids is 3. The summed E-state index contributed by atoms with van der Waals surface area (Å²) in [7, 11) is 0. The smallest absolute Gasteiger partial charge is 0.354 e. The number of likely N-dealkylation sites (tertiary alicyclic amines) is 1. The molecule has 0 saturated carbocycles. The number of nitrogens with zero attached hydrogens (tertiary/aromatic N) is 2. The second kappa shape index (κ2) is 8.51. The first-order valence-electron chi connectivity index (χ1n) is 9.05. The van der Waals surface area contributed by atoms with E-state index in [1.165, 1.54) is 12.1 Å². The summed E-state index contributed by atoms with van der Waals surface area (Å²) in [4.78, 5) is 52.9. The van der Waals surface area contributed by atoms with Gasteiger partial charge in [-0.15, -0.1) is 0 Å². The fourth-order valence-corrected chi connectivity index (χ4v) is 3.17. The van der Waals surface area contributed by atoms with Crippen LogP contribution >= 0.6 is 0 Å². The number of nitrogens with one attached hydrogen (secondary N) is 1. The van der Waals surface area contributed by atoms with E-state index in [2.05, 4.69) is 10.3 Å². The van der Waals surface area contributed by atoms with E-state index in [1.807, 2.05) is 0 Å². The molecule has 0 unspecified atom stereocenters. The lowest BCUT2D eigenvalue weighted by Crippen LogP contribution is -2.42. The van der Waals surface area contributed by atoms with Crippen molar-refractivity contribution in [3.63, 3.8) is 0 Å². The summed E-state index contributed by atoms with van der Waals surface area (Å²) >= 11 is 0.